The van der Waals surface area contributed by atoms with Crippen LogP contribution >= 0.6 is 0 Å². The molecule has 5 heteroatoms. The highest BCUT2D eigenvalue weighted by Gasteiger charge is 2.22. The highest BCUT2D eigenvalue weighted by Crippen LogP contribution is 2.18. The van der Waals surface area contributed by atoms with Crippen LogP contribution in [0, 0.1) is 5.92 Å². The molecular weight excluding hydrogens is 254 g/mol. The van der Waals surface area contributed by atoms with Gasteiger partial charge in [-0.25, -0.2) is 0 Å². The Morgan fingerprint density at radius 3 is 3.15 bits per heavy atom. The summed E-state index contributed by atoms with van der Waals surface area (Å²) in [5, 5.41) is 4.42. The van der Waals surface area contributed by atoms with Gasteiger partial charge in [0.05, 0.1) is 25.1 Å². The average molecular weight is 275 g/mol. The summed E-state index contributed by atoms with van der Waals surface area (Å²) in [4.78, 5) is 2.41. The van der Waals surface area contributed by atoms with Crippen molar-refractivity contribution in [2.24, 2.45) is 5.92 Å². The lowest BCUT2D eigenvalue weighted by Crippen LogP contribution is -2.30. The van der Waals surface area contributed by atoms with Gasteiger partial charge in [-0.1, -0.05) is 0 Å². The van der Waals surface area contributed by atoms with Crippen molar-refractivity contribution in [2.75, 3.05) is 19.8 Å². The van der Waals surface area contributed by atoms with Gasteiger partial charge in [0.15, 0.2) is 0 Å². The topological polar surface area (TPSA) is 43.4 Å². The van der Waals surface area contributed by atoms with E-state index in [-0.39, 0.29) is 0 Å². The highest BCUT2D eigenvalue weighted by atomic mass is 16.5. The first-order valence-electron chi connectivity index (χ1n) is 7.18. The minimum absolute atomic E-state index is 0.464. The molecule has 1 aliphatic heterocycles. The van der Waals surface area contributed by atoms with Gasteiger partial charge in [0.25, 0.3) is 0 Å². The first-order chi connectivity index (χ1) is 9.85. The Morgan fingerprint density at radius 2 is 2.35 bits per heavy atom. The van der Waals surface area contributed by atoms with Crippen LogP contribution in [0.2, 0.25) is 0 Å². The quantitative estimate of drug-likeness (QED) is 0.838. The fraction of sp³-hybridized carbons (Fsp3) is 0.533. The predicted molar refractivity (Wildman–Crippen MR) is 75.0 cm³/mol. The van der Waals surface area contributed by atoms with Crippen molar-refractivity contribution in [3.05, 3.63) is 42.1 Å². The summed E-state index contributed by atoms with van der Waals surface area (Å²) in [6.07, 6.45) is 3.61. The third-order valence-corrected chi connectivity index (χ3v) is 3.65. The van der Waals surface area contributed by atoms with E-state index in [0.29, 0.717) is 5.92 Å². The van der Waals surface area contributed by atoms with Crippen LogP contribution in [0.5, 0.6) is 0 Å². The van der Waals surface area contributed by atoms with Crippen LogP contribution in [0.4, 0.5) is 0 Å². The second-order valence-corrected chi connectivity index (χ2v) is 5.28. The monoisotopic (exact) mass is 275 g/mol. The van der Waals surface area contributed by atoms with Crippen LogP contribution in [0.15, 0.2) is 35.1 Å². The molecule has 108 valence electrons. The molecule has 3 heterocycles. The van der Waals surface area contributed by atoms with Crippen molar-refractivity contribution in [1.82, 2.24) is 14.7 Å². The average Bonchev–Trinajstić information content (AvgIpc) is 3.06. The largest absolute Gasteiger partial charge is 0.468 e. The van der Waals surface area contributed by atoms with Gasteiger partial charge in [0, 0.05) is 38.4 Å². The molecule has 0 saturated heterocycles. The Labute approximate surface area is 119 Å². The van der Waals surface area contributed by atoms with Gasteiger partial charge >= 0.3 is 0 Å². The highest BCUT2D eigenvalue weighted by molar-refractivity contribution is 5.04. The number of nitrogens with zero attached hydrogens (tertiary/aromatic N) is 3. The molecular formula is C15H21N3O2. The number of hydrogen-bond acceptors (Lipinski definition) is 4. The summed E-state index contributed by atoms with van der Waals surface area (Å²) < 4.78 is 13.2. The lowest BCUT2D eigenvalue weighted by Gasteiger charge is -2.22. The van der Waals surface area contributed by atoms with Gasteiger partial charge in [-0.05, 0) is 25.1 Å². The molecule has 0 fully saturated rings. The molecule has 1 atom stereocenters. The van der Waals surface area contributed by atoms with Crippen molar-refractivity contribution in [3.8, 4) is 0 Å². The van der Waals surface area contributed by atoms with Gasteiger partial charge < -0.3 is 9.15 Å². The number of ether oxygens (including phenoxy) is 1. The molecule has 0 saturated carbocycles. The fourth-order valence-electron chi connectivity index (χ4n) is 2.75. The van der Waals surface area contributed by atoms with E-state index in [0.717, 1.165) is 45.2 Å². The van der Waals surface area contributed by atoms with E-state index < -0.39 is 0 Å². The molecule has 3 rings (SSSR count). The van der Waals surface area contributed by atoms with Gasteiger partial charge in [-0.2, -0.15) is 5.10 Å². The van der Waals surface area contributed by atoms with E-state index >= 15 is 0 Å². The number of aromatic nitrogens is 2. The zero-order valence-electron chi connectivity index (χ0n) is 11.9. The summed E-state index contributed by atoms with van der Waals surface area (Å²) in [7, 11) is 0. The summed E-state index contributed by atoms with van der Waals surface area (Å²) in [6, 6.07) is 6.06. The van der Waals surface area contributed by atoms with Crippen molar-refractivity contribution in [2.45, 2.75) is 26.6 Å². The van der Waals surface area contributed by atoms with Gasteiger partial charge in [-0.15, -0.1) is 0 Å². The van der Waals surface area contributed by atoms with E-state index in [2.05, 4.69) is 20.7 Å². The SMILES string of the molecule is CCOC[C@@H]1CN(Cc2ccco2)Cc2ccnn2C1. The third-order valence-electron chi connectivity index (χ3n) is 3.65. The molecule has 20 heavy (non-hydrogen) atoms. The maximum atomic E-state index is 5.61. The summed E-state index contributed by atoms with van der Waals surface area (Å²) >= 11 is 0. The summed E-state index contributed by atoms with van der Waals surface area (Å²) in [6.45, 7) is 7.26. The molecule has 0 bridgehead atoms. The van der Waals surface area contributed by atoms with E-state index in [9.17, 15) is 0 Å². The smallest absolute Gasteiger partial charge is 0.117 e. The van der Waals surface area contributed by atoms with E-state index in [1.165, 1.54) is 5.69 Å². The van der Waals surface area contributed by atoms with Gasteiger partial charge in [-0.3, -0.25) is 9.58 Å². The van der Waals surface area contributed by atoms with Gasteiger partial charge in [0.1, 0.15) is 5.76 Å². The standard InChI is InChI=1S/C15H21N3O2/c1-2-19-12-13-8-17(11-15-4-3-7-20-15)10-14-5-6-16-18(14)9-13/h3-7,13H,2,8-12H2,1H3/t13-/m1/s1. The molecule has 0 aliphatic carbocycles. The zero-order chi connectivity index (χ0) is 13.8. The van der Waals surface area contributed by atoms with E-state index in [4.69, 9.17) is 9.15 Å². The minimum Gasteiger partial charge on any atom is -0.468 e. The first-order valence-corrected chi connectivity index (χ1v) is 7.18. The second-order valence-electron chi connectivity index (χ2n) is 5.28. The van der Waals surface area contributed by atoms with E-state index in [1.54, 1.807) is 6.26 Å². The van der Waals surface area contributed by atoms with Crippen molar-refractivity contribution in [1.29, 1.82) is 0 Å². The molecule has 5 nitrogen and oxygen atoms in total. The van der Waals surface area contributed by atoms with Crippen molar-refractivity contribution >= 4 is 0 Å². The normalized spacial score (nSPS) is 19.8. The Hall–Kier alpha value is -1.59. The number of hydrogen-bond donors (Lipinski definition) is 0. The molecule has 0 N–H and O–H groups in total. The molecule has 0 amide bonds. The second kappa shape index (κ2) is 6.24. The fourth-order valence-corrected chi connectivity index (χ4v) is 2.75. The summed E-state index contributed by atoms with van der Waals surface area (Å²) in [5.74, 6) is 1.47. The number of furan rings is 1. The molecule has 2 aromatic heterocycles. The lowest BCUT2D eigenvalue weighted by molar-refractivity contribution is 0.0826. The van der Waals surface area contributed by atoms with Crippen LogP contribution in [-0.2, 0) is 24.4 Å². The Morgan fingerprint density at radius 1 is 1.40 bits per heavy atom. The Bertz CT molecular complexity index is 521. The minimum atomic E-state index is 0.464. The maximum Gasteiger partial charge on any atom is 0.117 e. The van der Waals surface area contributed by atoms with Crippen LogP contribution in [0.25, 0.3) is 0 Å². The number of rotatable bonds is 5. The summed E-state index contributed by atoms with van der Waals surface area (Å²) in [5.41, 5.74) is 1.26. The molecule has 1 aliphatic rings. The van der Waals surface area contributed by atoms with Crippen LogP contribution in [-0.4, -0.2) is 34.4 Å². The Balaban J connectivity index is 1.73. The number of fused-ring (bicyclic) bond motifs is 1. The van der Waals surface area contributed by atoms with Crippen molar-refractivity contribution in [3.63, 3.8) is 0 Å². The van der Waals surface area contributed by atoms with Gasteiger partial charge in [0.2, 0.25) is 0 Å². The molecule has 0 spiro atoms. The molecule has 2 aromatic rings. The zero-order valence-corrected chi connectivity index (χ0v) is 11.9. The molecule has 0 unspecified atom stereocenters. The molecule has 0 aromatic carbocycles. The van der Waals surface area contributed by atoms with Crippen LogP contribution < -0.4 is 0 Å². The first kappa shape index (κ1) is 13.4. The third kappa shape index (κ3) is 3.11. The van der Waals surface area contributed by atoms with E-state index in [1.807, 2.05) is 25.3 Å². The Kier molecular flexibility index (Phi) is 4.18. The predicted octanol–water partition coefficient (Wildman–Crippen LogP) is 2.14. The molecule has 0 radical (unpaired) electrons. The lowest BCUT2D eigenvalue weighted by atomic mass is 10.1. The van der Waals surface area contributed by atoms with Crippen LogP contribution in [0.1, 0.15) is 18.4 Å². The van der Waals surface area contributed by atoms with Crippen molar-refractivity contribution < 1.29 is 9.15 Å². The van der Waals surface area contributed by atoms with Crippen LogP contribution in [0.3, 0.4) is 0 Å². The maximum absolute atomic E-state index is 5.61.